The molecule has 3 rings (SSSR count). The van der Waals surface area contributed by atoms with Gasteiger partial charge in [0.25, 0.3) is 5.92 Å². The average molecular weight is 402 g/mol. The molecule has 0 bridgehead atoms. The molecule has 1 N–H and O–H groups in total. The van der Waals surface area contributed by atoms with E-state index in [1.165, 1.54) is 18.5 Å². The Morgan fingerprint density at radius 2 is 2.04 bits per heavy atom. The van der Waals surface area contributed by atoms with Gasteiger partial charge in [0, 0.05) is 29.8 Å². The van der Waals surface area contributed by atoms with Crippen LogP contribution in [0.3, 0.4) is 0 Å². The van der Waals surface area contributed by atoms with Gasteiger partial charge in [-0.05, 0) is 12.1 Å². The lowest BCUT2D eigenvalue weighted by molar-refractivity contribution is -0.0976. The number of sulfone groups is 1. The molecule has 1 aromatic carbocycles. The second kappa shape index (κ2) is 6.47. The third-order valence-electron chi connectivity index (χ3n) is 3.97. The second-order valence-corrected chi connectivity index (χ2v) is 7.61. The summed E-state index contributed by atoms with van der Waals surface area (Å²) in [5.74, 6) is -7.87. The number of hydrogen-bond donors (Lipinski definition) is 1. The Hall–Kier alpha value is -2.71. The van der Waals surface area contributed by atoms with Crippen LogP contribution in [0.4, 0.5) is 17.6 Å². The molecule has 1 atom stereocenters. The molecule has 1 heterocycles. The molecule has 0 amide bonds. The van der Waals surface area contributed by atoms with E-state index in [0.717, 1.165) is 6.07 Å². The van der Waals surface area contributed by atoms with E-state index in [1.54, 1.807) is 6.07 Å². The van der Waals surface area contributed by atoms with Crippen LogP contribution >= 0.6 is 0 Å². The van der Waals surface area contributed by atoms with E-state index in [-0.39, 0.29) is 17.1 Å². The number of rotatable bonds is 4. The maximum atomic E-state index is 14.0. The molecular formula is C16H10F4N2O4S. The summed E-state index contributed by atoms with van der Waals surface area (Å²) >= 11 is 0. The molecule has 0 saturated carbocycles. The quantitative estimate of drug-likeness (QED) is 0.790. The van der Waals surface area contributed by atoms with E-state index in [4.69, 9.17) is 10.00 Å². The van der Waals surface area contributed by atoms with Crippen LogP contribution in [-0.4, -0.2) is 30.2 Å². The first-order valence-corrected chi connectivity index (χ1v) is 8.89. The van der Waals surface area contributed by atoms with Crippen molar-refractivity contribution in [3.8, 4) is 17.6 Å². The van der Waals surface area contributed by atoms with Crippen LogP contribution in [0, 0.1) is 11.3 Å². The highest BCUT2D eigenvalue weighted by atomic mass is 32.2. The predicted octanol–water partition coefficient (Wildman–Crippen LogP) is 2.97. The topological polar surface area (TPSA) is 100 Å². The minimum atomic E-state index is -5.22. The maximum absolute atomic E-state index is 14.0. The molecule has 0 fully saturated rings. The summed E-state index contributed by atoms with van der Waals surface area (Å²) in [6.07, 6.45) is -1.27. The summed E-state index contributed by atoms with van der Waals surface area (Å²) in [4.78, 5) is 2.65. The minimum absolute atomic E-state index is 0.00887. The van der Waals surface area contributed by atoms with E-state index in [9.17, 15) is 31.1 Å². The molecule has 6 nitrogen and oxygen atoms in total. The Labute approximate surface area is 150 Å². The smallest absolute Gasteiger partial charge is 0.341 e. The Balaban J connectivity index is 2.15. The number of hydrogen-bond acceptors (Lipinski definition) is 6. The number of benzene rings is 1. The lowest BCUT2D eigenvalue weighted by Crippen LogP contribution is -2.23. The van der Waals surface area contributed by atoms with Gasteiger partial charge in [-0.1, -0.05) is 0 Å². The molecule has 0 spiro atoms. The third-order valence-corrected chi connectivity index (χ3v) is 5.41. The Morgan fingerprint density at radius 3 is 2.67 bits per heavy atom. The first kappa shape index (κ1) is 19.1. The standard InChI is InChI=1S/C16H10F4N2O4S/c17-15(18)27(24,25)12-2-1-11(10-4-16(19,20)14(23)13(10)12)26-9-3-8(5-21)6-22-7-9/h1-3,6-7,14-15,23H,4H2/t14-/m0/s1. The number of alkyl halides is 4. The molecule has 11 heteroatoms. The summed E-state index contributed by atoms with van der Waals surface area (Å²) in [6.45, 7) is 0. The van der Waals surface area contributed by atoms with Crippen LogP contribution in [0.15, 0.2) is 35.5 Å². The third kappa shape index (κ3) is 3.22. The number of fused-ring (bicyclic) bond motifs is 1. The van der Waals surface area contributed by atoms with Crippen LogP contribution in [0.25, 0.3) is 0 Å². The van der Waals surface area contributed by atoms with Gasteiger partial charge in [0.15, 0.2) is 0 Å². The van der Waals surface area contributed by atoms with Crippen LogP contribution in [0.5, 0.6) is 11.5 Å². The van der Waals surface area contributed by atoms with Crippen LogP contribution < -0.4 is 4.74 Å². The van der Waals surface area contributed by atoms with Crippen LogP contribution in [-0.2, 0) is 16.3 Å². The van der Waals surface area contributed by atoms with Crippen LogP contribution in [0.1, 0.15) is 22.8 Å². The maximum Gasteiger partial charge on any atom is 0.341 e. The van der Waals surface area contributed by atoms with Gasteiger partial charge in [-0.15, -0.1) is 0 Å². The highest BCUT2D eigenvalue weighted by molar-refractivity contribution is 7.91. The molecule has 1 aliphatic rings. The number of halogens is 4. The van der Waals surface area contributed by atoms with E-state index in [2.05, 4.69) is 4.98 Å². The minimum Gasteiger partial charge on any atom is -0.455 e. The fraction of sp³-hybridized carbons (Fsp3) is 0.250. The largest absolute Gasteiger partial charge is 0.455 e. The number of nitrogens with zero attached hydrogens (tertiary/aromatic N) is 2. The fourth-order valence-corrected chi connectivity index (χ4v) is 3.74. The van der Waals surface area contributed by atoms with E-state index < -0.39 is 50.1 Å². The van der Waals surface area contributed by atoms with Crippen LogP contribution in [0.2, 0.25) is 0 Å². The Bertz CT molecular complexity index is 1050. The molecule has 1 aromatic heterocycles. The first-order valence-electron chi connectivity index (χ1n) is 7.34. The van der Waals surface area contributed by atoms with E-state index in [1.807, 2.05) is 0 Å². The molecule has 0 unspecified atom stereocenters. The van der Waals surface area contributed by atoms with Crippen molar-refractivity contribution < 1.29 is 35.8 Å². The number of pyridine rings is 1. The Morgan fingerprint density at radius 1 is 1.33 bits per heavy atom. The molecule has 0 radical (unpaired) electrons. The van der Waals surface area contributed by atoms with Gasteiger partial charge < -0.3 is 9.84 Å². The molecular weight excluding hydrogens is 392 g/mol. The number of aliphatic hydroxyl groups excluding tert-OH is 1. The monoisotopic (exact) mass is 402 g/mol. The molecule has 142 valence electrons. The van der Waals surface area contributed by atoms with Crippen molar-refractivity contribution in [2.75, 3.05) is 0 Å². The molecule has 0 saturated heterocycles. The molecule has 1 aliphatic carbocycles. The van der Waals surface area contributed by atoms with Gasteiger partial charge in [0.1, 0.15) is 23.7 Å². The Kier molecular flexibility index (Phi) is 4.57. The normalized spacial score (nSPS) is 18.2. The van der Waals surface area contributed by atoms with Gasteiger partial charge in [0.05, 0.1) is 16.7 Å². The van der Waals surface area contributed by atoms with Crippen molar-refractivity contribution >= 4 is 9.84 Å². The number of nitriles is 1. The lowest BCUT2D eigenvalue weighted by Gasteiger charge is -2.16. The highest BCUT2D eigenvalue weighted by Gasteiger charge is 2.51. The number of ether oxygens (including phenoxy) is 1. The summed E-state index contributed by atoms with van der Waals surface area (Å²) in [5, 5.41) is 18.7. The number of aliphatic hydroxyl groups is 1. The van der Waals surface area contributed by atoms with Crippen molar-refractivity contribution in [2.45, 2.75) is 29.1 Å². The zero-order chi connectivity index (χ0) is 20.0. The lowest BCUT2D eigenvalue weighted by atomic mass is 10.1. The van der Waals surface area contributed by atoms with Crippen molar-refractivity contribution in [1.82, 2.24) is 4.98 Å². The summed E-state index contributed by atoms with van der Waals surface area (Å²) in [6, 6.07) is 4.69. The van der Waals surface area contributed by atoms with Gasteiger partial charge in [-0.25, -0.2) is 17.2 Å². The summed E-state index contributed by atoms with van der Waals surface area (Å²) < 4.78 is 82.8. The van der Waals surface area contributed by atoms with Crippen molar-refractivity contribution in [3.63, 3.8) is 0 Å². The predicted molar refractivity (Wildman–Crippen MR) is 82.3 cm³/mol. The first-order chi connectivity index (χ1) is 12.6. The SMILES string of the molecule is N#Cc1cncc(Oc2ccc(S(=O)(=O)C(F)F)c3c2CC(F)(F)[C@H]3O)c1. The zero-order valence-electron chi connectivity index (χ0n) is 13.2. The van der Waals surface area contributed by atoms with Gasteiger partial charge in [-0.2, -0.15) is 14.0 Å². The van der Waals surface area contributed by atoms with Crippen molar-refractivity contribution in [1.29, 1.82) is 5.26 Å². The molecule has 27 heavy (non-hydrogen) atoms. The average Bonchev–Trinajstić information content (AvgIpc) is 2.85. The van der Waals surface area contributed by atoms with E-state index >= 15 is 0 Å². The number of aromatic nitrogens is 1. The molecule has 0 aliphatic heterocycles. The van der Waals surface area contributed by atoms with E-state index in [0.29, 0.717) is 6.07 Å². The van der Waals surface area contributed by atoms with Crippen molar-refractivity contribution in [2.24, 2.45) is 0 Å². The zero-order valence-corrected chi connectivity index (χ0v) is 14.1. The highest BCUT2D eigenvalue weighted by Crippen LogP contribution is 2.50. The summed E-state index contributed by atoms with van der Waals surface area (Å²) in [7, 11) is -5.22. The summed E-state index contributed by atoms with van der Waals surface area (Å²) in [5.41, 5.74) is -1.11. The van der Waals surface area contributed by atoms with Gasteiger partial charge >= 0.3 is 5.76 Å². The van der Waals surface area contributed by atoms with Gasteiger partial charge in [-0.3, -0.25) is 4.98 Å². The van der Waals surface area contributed by atoms with Crippen molar-refractivity contribution in [3.05, 3.63) is 47.3 Å². The van der Waals surface area contributed by atoms with Gasteiger partial charge in [0.2, 0.25) is 9.84 Å². The molecule has 2 aromatic rings. The second-order valence-electron chi connectivity index (χ2n) is 5.72. The fourth-order valence-electron chi connectivity index (χ4n) is 2.75.